The van der Waals surface area contributed by atoms with E-state index in [1.165, 1.54) is 45.3 Å². The molecule has 0 aromatic rings. The van der Waals surface area contributed by atoms with Crippen molar-refractivity contribution in [1.82, 2.24) is 10.2 Å². The minimum atomic E-state index is 0.778. The van der Waals surface area contributed by atoms with Gasteiger partial charge in [-0.05, 0) is 38.1 Å². The second kappa shape index (κ2) is 4.40. The maximum Gasteiger partial charge on any atom is 0.0507 e. The summed E-state index contributed by atoms with van der Waals surface area (Å²) in [5, 5.41) is 3.73. The third kappa shape index (κ3) is 2.35. The van der Waals surface area contributed by atoms with Crippen LogP contribution in [-0.4, -0.2) is 49.8 Å². The van der Waals surface area contributed by atoms with E-state index in [1.807, 2.05) is 0 Å². The van der Waals surface area contributed by atoms with Crippen molar-refractivity contribution in [3.63, 3.8) is 0 Å². The van der Waals surface area contributed by atoms with Crippen LogP contribution in [0.3, 0.4) is 0 Å². The lowest BCUT2D eigenvalue weighted by Gasteiger charge is -2.26. The van der Waals surface area contributed by atoms with Gasteiger partial charge in [0.25, 0.3) is 0 Å². The number of nitrogens with zero attached hydrogens (tertiary/aromatic N) is 1. The molecule has 0 radical (unpaired) electrons. The monoisotopic (exact) mass is 210 g/mol. The molecule has 3 heteroatoms. The van der Waals surface area contributed by atoms with Crippen molar-refractivity contribution in [3.8, 4) is 0 Å². The fourth-order valence-electron chi connectivity index (χ4n) is 3.27. The van der Waals surface area contributed by atoms with Crippen molar-refractivity contribution in [2.75, 3.05) is 32.8 Å². The highest BCUT2D eigenvalue weighted by Gasteiger charge is 2.30. The Morgan fingerprint density at radius 1 is 1.13 bits per heavy atom. The van der Waals surface area contributed by atoms with E-state index < -0.39 is 0 Å². The summed E-state index contributed by atoms with van der Waals surface area (Å²) < 4.78 is 5.45. The number of hydrogen-bond acceptors (Lipinski definition) is 3. The summed E-state index contributed by atoms with van der Waals surface area (Å²) >= 11 is 0. The fourth-order valence-corrected chi connectivity index (χ4v) is 3.27. The van der Waals surface area contributed by atoms with Crippen molar-refractivity contribution >= 4 is 0 Å². The average molecular weight is 210 g/mol. The van der Waals surface area contributed by atoms with Crippen molar-refractivity contribution < 1.29 is 4.74 Å². The van der Waals surface area contributed by atoms with Gasteiger partial charge in [-0.25, -0.2) is 0 Å². The van der Waals surface area contributed by atoms with Gasteiger partial charge in [-0.15, -0.1) is 0 Å². The SMILES string of the molecule is C1CC(CN2CCC3CCC(C2)N3)CO1. The summed E-state index contributed by atoms with van der Waals surface area (Å²) in [5.74, 6) is 0.807. The van der Waals surface area contributed by atoms with Crippen molar-refractivity contribution in [2.24, 2.45) is 5.92 Å². The molecule has 3 aliphatic heterocycles. The Kier molecular flexibility index (Phi) is 2.95. The Hall–Kier alpha value is -0.120. The van der Waals surface area contributed by atoms with Gasteiger partial charge in [0.1, 0.15) is 0 Å². The van der Waals surface area contributed by atoms with E-state index in [0.29, 0.717) is 0 Å². The molecule has 0 aliphatic carbocycles. The van der Waals surface area contributed by atoms with Crippen molar-refractivity contribution in [1.29, 1.82) is 0 Å². The number of ether oxygens (including phenoxy) is 1. The predicted octanol–water partition coefficient (Wildman–Crippen LogP) is 0.849. The van der Waals surface area contributed by atoms with E-state index in [-0.39, 0.29) is 0 Å². The first kappa shape index (κ1) is 10.1. The molecule has 0 amide bonds. The zero-order valence-electron chi connectivity index (χ0n) is 9.45. The Balaban J connectivity index is 1.53. The smallest absolute Gasteiger partial charge is 0.0507 e. The Morgan fingerprint density at radius 2 is 2.07 bits per heavy atom. The van der Waals surface area contributed by atoms with E-state index in [9.17, 15) is 0 Å². The quantitative estimate of drug-likeness (QED) is 0.731. The highest BCUT2D eigenvalue weighted by Crippen LogP contribution is 2.22. The van der Waals surface area contributed by atoms with Crippen LogP contribution in [0.4, 0.5) is 0 Å². The molecule has 0 aromatic carbocycles. The maximum atomic E-state index is 5.45. The maximum absolute atomic E-state index is 5.45. The summed E-state index contributed by atoms with van der Waals surface area (Å²) in [5.41, 5.74) is 0. The van der Waals surface area contributed by atoms with Crippen LogP contribution in [0.5, 0.6) is 0 Å². The Bertz CT molecular complexity index is 216. The molecule has 3 nitrogen and oxygen atoms in total. The van der Waals surface area contributed by atoms with Crippen LogP contribution >= 0.6 is 0 Å². The topological polar surface area (TPSA) is 24.5 Å². The number of likely N-dealkylation sites (tertiary alicyclic amines) is 1. The van der Waals surface area contributed by atoms with Crippen LogP contribution in [-0.2, 0) is 4.74 Å². The lowest BCUT2D eigenvalue weighted by Crippen LogP contribution is -2.38. The molecule has 0 saturated carbocycles. The normalized spacial score (nSPS) is 42.0. The first-order chi connectivity index (χ1) is 7.40. The predicted molar refractivity (Wildman–Crippen MR) is 59.9 cm³/mol. The van der Waals surface area contributed by atoms with Crippen LogP contribution in [0, 0.1) is 5.92 Å². The lowest BCUT2D eigenvalue weighted by molar-refractivity contribution is 0.164. The molecule has 3 aliphatic rings. The minimum Gasteiger partial charge on any atom is -0.381 e. The standard InChI is InChI=1S/C12H22N2O/c1-2-12-8-14(5-3-11(1)13-12)7-10-4-6-15-9-10/h10-13H,1-9H2. The highest BCUT2D eigenvalue weighted by atomic mass is 16.5. The molecule has 2 bridgehead atoms. The van der Waals surface area contributed by atoms with Gasteiger partial charge in [0.15, 0.2) is 0 Å². The lowest BCUT2D eigenvalue weighted by atomic mass is 10.1. The zero-order valence-corrected chi connectivity index (χ0v) is 9.45. The highest BCUT2D eigenvalue weighted by molar-refractivity contribution is 4.90. The molecule has 15 heavy (non-hydrogen) atoms. The zero-order chi connectivity index (χ0) is 10.1. The van der Waals surface area contributed by atoms with Crippen LogP contribution < -0.4 is 5.32 Å². The third-order valence-electron chi connectivity index (χ3n) is 4.15. The first-order valence-electron chi connectivity index (χ1n) is 6.46. The van der Waals surface area contributed by atoms with Crippen LogP contribution in [0.1, 0.15) is 25.7 Å². The second-order valence-electron chi connectivity index (χ2n) is 5.42. The summed E-state index contributed by atoms with van der Waals surface area (Å²) in [7, 11) is 0. The van der Waals surface area contributed by atoms with E-state index in [2.05, 4.69) is 10.2 Å². The Morgan fingerprint density at radius 3 is 2.93 bits per heavy atom. The summed E-state index contributed by atoms with van der Waals surface area (Å²) in [6.07, 6.45) is 5.43. The molecule has 3 fully saturated rings. The van der Waals surface area contributed by atoms with E-state index in [4.69, 9.17) is 4.74 Å². The molecule has 0 aromatic heterocycles. The molecule has 1 N–H and O–H groups in total. The van der Waals surface area contributed by atoms with Gasteiger partial charge < -0.3 is 15.0 Å². The van der Waals surface area contributed by atoms with Crippen molar-refractivity contribution in [3.05, 3.63) is 0 Å². The van der Waals surface area contributed by atoms with Gasteiger partial charge in [-0.2, -0.15) is 0 Å². The number of hydrogen-bond donors (Lipinski definition) is 1. The van der Waals surface area contributed by atoms with E-state index >= 15 is 0 Å². The van der Waals surface area contributed by atoms with Crippen LogP contribution in [0.2, 0.25) is 0 Å². The van der Waals surface area contributed by atoms with Gasteiger partial charge in [0.2, 0.25) is 0 Å². The number of rotatable bonds is 2. The molecule has 3 saturated heterocycles. The molecule has 3 rings (SSSR count). The molecule has 0 spiro atoms. The summed E-state index contributed by atoms with van der Waals surface area (Å²) in [6, 6.07) is 1.60. The van der Waals surface area contributed by atoms with E-state index in [1.54, 1.807) is 0 Å². The molecule has 3 heterocycles. The largest absolute Gasteiger partial charge is 0.381 e. The van der Waals surface area contributed by atoms with E-state index in [0.717, 1.165) is 31.2 Å². The second-order valence-corrected chi connectivity index (χ2v) is 5.42. The van der Waals surface area contributed by atoms with Crippen molar-refractivity contribution in [2.45, 2.75) is 37.8 Å². The van der Waals surface area contributed by atoms with Gasteiger partial charge in [0.05, 0.1) is 6.61 Å². The molecular weight excluding hydrogens is 188 g/mol. The first-order valence-corrected chi connectivity index (χ1v) is 6.46. The molecule has 86 valence electrons. The fraction of sp³-hybridized carbons (Fsp3) is 1.00. The summed E-state index contributed by atoms with van der Waals surface area (Å²) in [4.78, 5) is 2.66. The molecular formula is C12H22N2O. The van der Waals surface area contributed by atoms with Crippen LogP contribution in [0.15, 0.2) is 0 Å². The van der Waals surface area contributed by atoms with Gasteiger partial charge in [0, 0.05) is 31.8 Å². The minimum absolute atomic E-state index is 0.778. The summed E-state index contributed by atoms with van der Waals surface area (Å²) in [6.45, 7) is 5.82. The van der Waals surface area contributed by atoms with Gasteiger partial charge in [-0.3, -0.25) is 0 Å². The van der Waals surface area contributed by atoms with Gasteiger partial charge >= 0.3 is 0 Å². The van der Waals surface area contributed by atoms with Crippen LogP contribution in [0.25, 0.3) is 0 Å². The Labute approximate surface area is 92.2 Å². The average Bonchev–Trinajstić information content (AvgIpc) is 2.80. The molecule has 3 atom stereocenters. The molecule has 3 unspecified atom stereocenters. The third-order valence-corrected chi connectivity index (χ3v) is 4.15. The number of nitrogens with one attached hydrogen (secondary N) is 1. The number of fused-ring (bicyclic) bond motifs is 2. The van der Waals surface area contributed by atoms with Gasteiger partial charge in [-0.1, -0.05) is 0 Å².